The Hall–Kier alpha value is -11.5. The smallest absolute Gasteiger partial charge is 0.339 e. The molecule has 0 aliphatic heterocycles. The van der Waals surface area contributed by atoms with Crippen LogP contribution in [0.15, 0.2) is 290 Å². The lowest BCUT2D eigenvalue weighted by atomic mass is 9.96. The predicted molar refractivity (Wildman–Crippen MR) is 451 cm³/mol. The number of halogens is 3. The molecule has 0 saturated carbocycles. The fraction of sp³-hybridized carbons (Fsp3) is 0.245. The lowest BCUT2D eigenvalue weighted by Gasteiger charge is -2.31. The second kappa shape index (κ2) is 44.2. The van der Waals surface area contributed by atoms with Gasteiger partial charge in [-0.25, -0.2) is 13.6 Å². The summed E-state index contributed by atoms with van der Waals surface area (Å²) < 4.78 is 105. The Morgan fingerprint density at radius 1 is 0.339 bits per heavy atom. The Morgan fingerprint density at radius 2 is 0.643 bits per heavy atom. The summed E-state index contributed by atoms with van der Waals surface area (Å²) in [6.07, 6.45) is 8.83. The molecule has 115 heavy (non-hydrogen) atoms. The fourth-order valence-electron chi connectivity index (χ4n) is 12.8. The van der Waals surface area contributed by atoms with E-state index >= 15 is 9.59 Å². The molecule has 0 aliphatic carbocycles. The maximum atomic E-state index is 17.5. The first-order valence-corrected chi connectivity index (χ1v) is 40.9. The minimum absolute atomic E-state index is 0.0248. The molecule has 0 fully saturated rings. The molecule has 0 aromatic heterocycles. The number of thioether (sulfide) groups is 1. The van der Waals surface area contributed by atoms with Gasteiger partial charge in [0.2, 0.25) is 17.3 Å². The number of hydrogen-bond donors (Lipinski definition) is 0. The number of esters is 1. The van der Waals surface area contributed by atoms with Crippen molar-refractivity contribution in [1.29, 1.82) is 0 Å². The highest BCUT2D eigenvalue weighted by atomic mass is 79.9. The summed E-state index contributed by atoms with van der Waals surface area (Å²) in [5.74, 6) is 0.253. The van der Waals surface area contributed by atoms with Crippen LogP contribution >= 0.6 is 27.7 Å². The van der Waals surface area contributed by atoms with E-state index in [4.69, 9.17) is 52.1 Å². The second-order valence-corrected chi connectivity index (χ2v) is 29.9. The van der Waals surface area contributed by atoms with Gasteiger partial charge in [-0.15, -0.1) is 11.8 Å². The van der Waals surface area contributed by atoms with E-state index in [1.807, 2.05) is 206 Å². The fourth-order valence-corrected chi connectivity index (χ4v) is 14.8. The van der Waals surface area contributed by atoms with Crippen molar-refractivity contribution >= 4 is 39.4 Å². The van der Waals surface area contributed by atoms with E-state index < -0.39 is 34.7 Å². The Kier molecular flexibility index (Phi) is 31.9. The number of Topliss-reactive ketones (excluding diaryl/α,β-unsaturated/α-hetero) is 1. The van der Waals surface area contributed by atoms with Gasteiger partial charge in [0.05, 0.1) is 23.5 Å². The molecule has 2 unspecified atom stereocenters. The minimum Gasteiger partial charge on any atom is -0.497 e. The number of ether oxygens (including phenoxy) is 11. The van der Waals surface area contributed by atoms with Crippen molar-refractivity contribution in [2.45, 2.75) is 142 Å². The van der Waals surface area contributed by atoms with E-state index in [0.29, 0.717) is 39.1 Å². The molecule has 0 N–H and O–H groups in total. The van der Waals surface area contributed by atoms with E-state index in [9.17, 15) is 8.78 Å². The van der Waals surface area contributed by atoms with Crippen LogP contribution in [0.4, 0.5) is 8.78 Å². The van der Waals surface area contributed by atoms with Crippen LogP contribution in [-0.2, 0) is 64.2 Å². The van der Waals surface area contributed by atoms with Gasteiger partial charge in [-0.05, 0) is 139 Å². The highest BCUT2D eigenvalue weighted by Crippen LogP contribution is 2.53. The van der Waals surface area contributed by atoms with Gasteiger partial charge < -0.3 is 52.1 Å². The number of carbonyl (C=O) groups excluding carboxylic acids is 2. The van der Waals surface area contributed by atoms with Gasteiger partial charge in [0.25, 0.3) is 0 Å². The molecule has 592 valence electrons. The summed E-state index contributed by atoms with van der Waals surface area (Å²) in [5, 5.41) is -1.24. The lowest BCUT2D eigenvalue weighted by Crippen LogP contribution is -2.33. The molecule has 2 atom stereocenters. The molecule has 0 bridgehead atoms. The van der Waals surface area contributed by atoms with Crippen LogP contribution in [-0.4, -0.2) is 30.7 Å². The summed E-state index contributed by atoms with van der Waals surface area (Å²) >= 11 is 5.41. The highest BCUT2D eigenvalue weighted by Gasteiger charge is 2.41. The van der Waals surface area contributed by atoms with Crippen molar-refractivity contribution in [1.82, 2.24) is 0 Å². The molecule has 13 nitrogen and oxygen atoms in total. The van der Waals surface area contributed by atoms with Crippen molar-refractivity contribution in [2.24, 2.45) is 0 Å². The standard InChI is InChI=1S/C98H95BrF2O13S/c1-3-4-5-6-7-8-9-10-11-30-55-115-97(90-84(105-65-76-43-49-81(100)50-44-76)60-85(106-66-77-45-51-82(101)52-46-77)91(99)95(90)113-69-78-47-53-83(104-2)54-48-78)96(92(102)79-56-86(107-61-70-31-18-12-19-32-70)93(111-67-74-39-26-16-27-40-74)87(57-79)108-62-71-33-20-13-21-34-71)114-98(103)80-58-88(109-63-72-35-22-14-23-36-72)94(112-68-75-41-28-17-29-42-75)89(59-80)110-64-73-37-24-15-25-38-73/h12-29,31-54,56-60,96-97H,3-11,30,55,61-69H2,1-2H3. The van der Waals surface area contributed by atoms with Gasteiger partial charge in [-0.3, -0.25) is 4.79 Å². The normalized spacial score (nSPS) is 11.6. The minimum atomic E-state index is -1.81. The van der Waals surface area contributed by atoms with Crippen molar-refractivity contribution < 1.29 is 70.5 Å². The van der Waals surface area contributed by atoms with E-state index in [0.717, 1.165) is 71.0 Å². The Labute approximate surface area is 685 Å². The van der Waals surface area contributed by atoms with Crippen molar-refractivity contribution in [2.75, 3.05) is 12.9 Å². The zero-order valence-corrected chi connectivity index (χ0v) is 67.2. The maximum Gasteiger partial charge on any atom is 0.339 e. The molecule has 0 aliphatic rings. The number of ketones is 1. The van der Waals surface area contributed by atoms with Crippen LogP contribution in [0.3, 0.4) is 0 Å². The van der Waals surface area contributed by atoms with E-state index in [1.54, 1.807) is 61.7 Å². The topological polar surface area (TPSA) is 136 Å². The van der Waals surface area contributed by atoms with Crippen molar-refractivity contribution in [3.05, 3.63) is 368 Å². The summed E-state index contributed by atoms with van der Waals surface area (Å²) in [5.41, 5.74) is 7.33. The molecule has 0 radical (unpaired) electrons. The van der Waals surface area contributed by atoms with Gasteiger partial charge in [0, 0.05) is 11.6 Å². The Morgan fingerprint density at radius 3 is 1.01 bits per heavy atom. The third kappa shape index (κ3) is 25.2. The van der Waals surface area contributed by atoms with Crippen molar-refractivity contribution in [3.8, 4) is 57.5 Å². The summed E-state index contributed by atoms with van der Waals surface area (Å²) in [6, 6.07) is 85.4. The molecule has 0 heterocycles. The van der Waals surface area contributed by atoms with Gasteiger partial charge >= 0.3 is 5.97 Å². The van der Waals surface area contributed by atoms with Crippen LogP contribution in [0.5, 0.6) is 57.5 Å². The first-order chi connectivity index (χ1) is 56.5. The van der Waals surface area contributed by atoms with Gasteiger partial charge in [0.15, 0.2) is 29.1 Å². The summed E-state index contributed by atoms with van der Waals surface area (Å²) in [6.45, 7) is 2.45. The van der Waals surface area contributed by atoms with Crippen LogP contribution in [0.2, 0.25) is 0 Å². The van der Waals surface area contributed by atoms with Crippen molar-refractivity contribution in [3.63, 3.8) is 0 Å². The molecule has 12 aromatic rings. The van der Waals surface area contributed by atoms with Gasteiger partial charge in [-0.1, -0.05) is 283 Å². The molecular weight excluding hydrogens is 1540 g/mol. The SMILES string of the molecule is CCCCCCCCCCCCSC(c1c(OCc2ccc(F)cc2)cc(OCc2ccc(F)cc2)c(Br)c1OCc1ccc(OC)cc1)C(OC(=O)c1cc(OCc2ccccc2)c(OCc2ccccc2)c(OCc2ccccc2)c1)C(=O)c1cc(OCc2ccccc2)c(OCc2ccccc2)c(OCc2ccccc2)c1. The van der Waals surface area contributed by atoms with E-state index in [2.05, 4.69) is 22.9 Å². The monoisotopic (exact) mass is 1630 g/mol. The molecule has 0 amide bonds. The quantitative estimate of drug-likeness (QED) is 0.0203. The van der Waals surface area contributed by atoms with E-state index in [-0.39, 0.29) is 122 Å². The lowest BCUT2D eigenvalue weighted by molar-refractivity contribution is 0.0274. The molecule has 12 aromatic carbocycles. The second-order valence-electron chi connectivity index (χ2n) is 27.8. The first-order valence-electron chi connectivity index (χ1n) is 39.1. The average Bonchev–Trinajstić information content (AvgIpc) is 0.761. The number of benzene rings is 12. The maximum absolute atomic E-state index is 17.5. The van der Waals surface area contributed by atoms with Crippen LogP contribution in [0, 0.1) is 11.6 Å². The average molecular weight is 1630 g/mol. The molecule has 0 spiro atoms. The third-order valence-electron chi connectivity index (χ3n) is 19.2. The van der Waals surface area contributed by atoms with Crippen LogP contribution < -0.4 is 47.4 Å². The first kappa shape index (κ1) is 82.9. The number of unbranched alkanes of at least 4 members (excludes halogenated alkanes) is 9. The Bertz CT molecular complexity index is 4830. The van der Waals surface area contributed by atoms with Gasteiger partial charge in [-0.2, -0.15) is 0 Å². The summed E-state index contributed by atoms with van der Waals surface area (Å²) in [7, 11) is 1.59. The highest BCUT2D eigenvalue weighted by molar-refractivity contribution is 9.10. The number of carbonyl (C=O) groups is 2. The zero-order valence-electron chi connectivity index (χ0n) is 64.8. The van der Waals surface area contributed by atoms with Crippen LogP contribution in [0.1, 0.15) is 153 Å². The van der Waals surface area contributed by atoms with E-state index in [1.165, 1.54) is 61.7 Å². The number of methoxy groups -OCH3 is 1. The zero-order chi connectivity index (χ0) is 79.6. The number of hydrogen-bond acceptors (Lipinski definition) is 14. The summed E-state index contributed by atoms with van der Waals surface area (Å²) in [4.78, 5) is 34.1. The Balaban J connectivity index is 1.08. The van der Waals surface area contributed by atoms with Gasteiger partial charge in [0.1, 0.15) is 98.6 Å². The van der Waals surface area contributed by atoms with Crippen LogP contribution in [0.25, 0.3) is 0 Å². The predicted octanol–water partition coefficient (Wildman–Crippen LogP) is 24.8. The number of rotatable bonds is 46. The third-order valence-corrected chi connectivity index (χ3v) is 21.3. The molecule has 12 rings (SSSR count). The molecule has 17 heteroatoms. The molecular formula is C98H95BrF2O13S. The molecule has 0 saturated heterocycles. The largest absolute Gasteiger partial charge is 0.497 e.